The molecule has 620 valence electrons. The number of aromatic nitrogens is 12. The summed E-state index contributed by atoms with van der Waals surface area (Å²) in [5.41, 5.74) is 9.11. The van der Waals surface area contributed by atoms with Gasteiger partial charge in [-0.3, -0.25) is 4.79 Å². The molecule has 0 unspecified atom stereocenters. The van der Waals surface area contributed by atoms with Gasteiger partial charge in [-0.15, -0.1) is 0 Å². The van der Waals surface area contributed by atoms with E-state index >= 15 is 4.39 Å². The van der Waals surface area contributed by atoms with E-state index in [2.05, 4.69) is 64.7 Å². The molecule has 0 atom stereocenters. The first kappa shape index (κ1) is 97.6. The second kappa shape index (κ2) is 47.3. The number of benzene rings is 13. The minimum Gasteiger partial charge on any atom is -1.00 e. The second-order valence-electron chi connectivity index (χ2n) is 28.3. The minimum atomic E-state index is -1.81. The van der Waals surface area contributed by atoms with Gasteiger partial charge in [-0.1, -0.05) is 308 Å². The molecule has 1 saturated heterocycles. The van der Waals surface area contributed by atoms with E-state index in [0.717, 1.165) is 61.7 Å². The monoisotopic (exact) mass is 1990 g/mol. The Bertz CT molecular complexity index is 6250. The molecule has 2 N–H and O–H groups in total. The molecule has 30 heteroatoms. The summed E-state index contributed by atoms with van der Waals surface area (Å²) in [7, 11) is -2.43. The van der Waals surface area contributed by atoms with Crippen LogP contribution in [0.2, 0.25) is 15.3 Å². The smallest absolute Gasteiger partial charge is 1.00 e. The predicted molar refractivity (Wildman–Crippen MR) is 480 cm³/mol. The fraction of sp³-hybridized carbons (Fsp3) is 0.0619. The van der Waals surface area contributed by atoms with Gasteiger partial charge in [0, 0.05) is 60.0 Å². The number of rotatable bonds is 15. The number of hydrogen-bond donors (Lipinski definition) is 2. The van der Waals surface area contributed by atoms with Crippen LogP contribution in [0.15, 0.2) is 346 Å². The Hall–Kier alpha value is -10.0. The number of carbonyl (C=O) groups is 1. The van der Waals surface area contributed by atoms with Gasteiger partial charge in [0.25, 0.3) is 6.47 Å². The quantitative estimate of drug-likeness (QED) is 0.0318. The average molecular weight is 1990 g/mol. The van der Waals surface area contributed by atoms with Gasteiger partial charge in [0.2, 0.25) is 5.28 Å². The molecule has 0 bridgehead atoms. The zero-order valence-corrected chi connectivity index (χ0v) is 83.9. The molecule has 127 heavy (non-hydrogen) atoms. The molecule has 0 saturated carbocycles. The van der Waals surface area contributed by atoms with Gasteiger partial charge in [0.15, 0.2) is 64.1 Å². The Morgan fingerprint density at radius 1 is 0.323 bits per heavy atom. The molecule has 17 aromatic rings. The molecule has 13 aromatic carbocycles. The van der Waals surface area contributed by atoms with Crippen LogP contribution in [0.1, 0.15) is 29.1 Å². The fourth-order valence-corrected chi connectivity index (χ4v) is 12.8. The Kier molecular flexibility index (Phi) is 36.4. The van der Waals surface area contributed by atoms with Crippen LogP contribution in [0.25, 0.3) is 136 Å². The summed E-state index contributed by atoms with van der Waals surface area (Å²) in [4.78, 5) is 65.5. The molecule has 1 aliphatic rings. The molecule has 1 aliphatic heterocycles. The largest absolute Gasteiger partial charge is 1.00 e. The van der Waals surface area contributed by atoms with E-state index in [1.807, 2.05) is 301 Å². The van der Waals surface area contributed by atoms with Crippen LogP contribution in [0.4, 0.5) is 17.6 Å². The summed E-state index contributed by atoms with van der Waals surface area (Å²) in [6.07, 6.45) is 0. The van der Waals surface area contributed by atoms with Gasteiger partial charge in [-0.2, -0.15) is 9.97 Å². The van der Waals surface area contributed by atoms with Gasteiger partial charge < -0.3 is 30.9 Å². The summed E-state index contributed by atoms with van der Waals surface area (Å²) in [6, 6.07) is 105. The summed E-state index contributed by atoms with van der Waals surface area (Å²) in [5, 5.41) is 26.5. The van der Waals surface area contributed by atoms with Gasteiger partial charge in [-0.25, -0.2) is 67.4 Å². The van der Waals surface area contributed by atoms with Gasteiger partial charge in [-0.05, 0) is 117 Å². The maximum Gasteiger partial charge on any atom is 1.00 e. The summed E-state index contributed by atoms with van der Waals surface area (Å²) in [6.45, 7) is 7.77. The van der Waals surface area contributed by atoms with Crippen molar-refractivity contribution in [1.82, 2.24) is 59.8 Å². The van der Waals surface area contributed by atoms with Crippen molar-refractivity contribution in [3.63, 3.8) is 0 Å². The SMILES string of the molecule is CC1(C)OB(c2ccc(F)c(-c3nc(-c4ccccc4)nc(-c4ccccc4)n3)c2)OC1(C)C.Clc1nc(-c2ccccc2)nc(-c2ccccc2)n1.Fc1ccc(-c2ccccc2)cc1-c1nc(-c2ccccc2)nc(-c2ccccc2)n1.Fc1ccc(Cl)cc1-c1nc(-c2ccccc2)nc(-c2ccccc2)n1.O=CO[O-].OB(O)c1cc(Cl)ccc1F.[Cs+].[Cs+].[H-]. The van der Waals surface area contributed by atoms with Crippen molar-refractivity contribution in [2.24, 2.45) is 0 Å². The molecule has 5 heterocycles. The van der Waals surface area contributed by atoms with Crippen LogP contribution in [-0.2, 0) is 19.0 Å². The minimum absolute atomic E-state index is 0. The first-order valence-electron chi connectivity index (χ1n) is 38.7. The molecule has 1 fully saturated rings. The summed E-state index contributed by atoms with van der Waals surface area (Å²) < 4.78 is 69.4. The predicted octanol–water partition coefficient (Wildman–Crippen LogP) is 14.2. The fourth-order valence-electron chi connectivity index (χ4n) is 12.3. The van der Waals surface area contributed by atoms with Crippen molar-refractivity contribution in [2.45, 2.75) is 38.9 Å². The van der Waals surface area contributed by atoms with E-state index in [0.29, 0.717) is 68.5 Å². The topological polar surface area (TPSA) is 263 Å². The Morgan fingerprint density at radius 2 is 0.559 bits per heavy atom. The van der Waals surface area contributed by atoms with E-state index in [9.17, 15) is 13.2 Å². The molecule has 4 aromatic heterocycles. The van der Waals surface area contributed by atoms with E-state index in [1.165, 1.54) is 42.5 Å². The van der Waals surface area contributed by atoms with Crippen LogP contribution in [0, 0.1) is 23.3 Å². The van der Waals surface area contributed by atoms with Crippen molar-refractivity contribution in [3.8, 4) is 136 Å². The number of hydrogen-bond acceptors (Lipinski definition) is 19. The van der Waals surface area contributed by atoms with Crippen LogP contribution in [0.3, 0.4) is 0 Å². The molecule has 0 spiro atoms. The zero-order valence-electron chi connectivity index (χ0n) is 70.1. The van der Waals surface area contributed by atoms with Crippen molar-refractivity contribution >= 4 is 66.4 Å². The van der Waals surface area contributed by atoms with Crippen LogP contribution in [0.5, 0.6) is 0 Å². The van der Waals surface area contributed by atoms with Crippen LogP contribution >= 0.6 is 34.8 Å². The standard InChI is InChI=1S/C27H25BFN3O2.C27H18FN3.C21H13ClFN3.C15H10ClN3.C6H5BClFO2.CH2O3.2Cs.H/c1-26(2)27(3,4)34-28(33-26)20-15-16-22(29)21(17-20)25-31-23(18-11-7-5-8-12-18)30-24(32-25)19-13-9-6-10-14-19;28-24-17-16-22(19-10-4-1-5-11-19)18-23(24)27-30-25(20-12-6-2-7-13-20)29-26(31-27)21-14-8-3-9-15-21;22-16-11-12-18(23)17(13-16)21-25-19(14-7-3-1-4-8-14)24-20(26-21)15-9-5-2-6-10-15;16-15-18-13(11-7-3-1-4-8-11)17-14(19-15)12-9-5-2-6-10-12;8-4-1-2-6(9)5(3-4)7(10)11;2-1-4-3;;;/h5-17H,1-4H3;1-18H;1-13H;1-10H;1-3,10-11H;1,3H;;;/q;;;;;;2*+1;-1/p-1. The third-order valence-electron chi connectivity index (χ3n) is 19.3. The molecule has 0 radical (unpaired) electrons. The third-order valence-corrected chi connectivity index (χ3v) is 19.9. The third kappa shape index (κ3) is 26.6. The van der Waals surface area contributed by atoms with E-state index < -0.39 is 42.9 Å². The maximum atomic E-state index is 15.1. The second-order valence-corrected chi connectivity index (χ2v) is 29.6. The number of halogens is 7. The van der Waals surface area contributed by atoms with Gasteiger partial charge >= 0.3 is 152 Å². The van der Waals surface area contributed by atoms with Crippen LogP contribution < -0.4 is 154 Å². The molecule has 18 rings (SSSR count). The molecular formula is C97H73B2Cl3Cs2F4N12O7. The normalized spacial score (nSPS) is 11.8. The molecule has 0 aliphatic carbocycles. The van der Waals surface area contributed by atoms with Crippen molar-refractivity contribution in [1.29, 1.82) is 0 Å². The first-order chi connectivity index (χ1) is 60.6. The molecule has 19 nitrogen and oxygen atoms in total. The van der Waals surface area contributed by atoms with E-state index in [1.54, 1.807) is 24.3 Å². The van der Waals surface area contributed by atoms with Crippen molar-refractivity contribution in [2.75, 3.05) is 0 Å². The number of carbonyl (C=O) groups excluding carboxylic acids is 1. The Morgan fingerprint density at radius 3 is 0.843 bits per heavy atom. The van der Waals surface area contributed by atoms with Gasteiger partial charge in [0.1, 0.15) is 23.3 Å². The zero-order chi connectivity index (χ0) is 87.8. The number of nitrogens with zero attached hydrogens (tertiary/aromatic N) is 12. The summed E-state index contributed by atoms with van der Waals surface area (Å²) >= 11 is 17.5. The van der Waals surface area contributed by atoms with E-state index in [4.69, 9.17) is 64.2 Å². The first-order valence-corrected chi connectivity index (χ1v) is 39.8. The van der Waals surface area contributed by atoms with Crippen molar-refractivity contribution in [3.05, 3.63) is 384 Å². The maximum absolute atomic E-state index is 15.1. The average Bonchev–Trinajstić information content (AvgIpc) is 1.47. The Labute approximate surface area is 865 Å². The van der Waals surface area contributed by atoms with Crippen molar-refractivity contribution < 1.29 is 191 Å². The van der Waals surface area contributed by atoms with E-state index in [-0.39, 0.29) is 190 Å². The summed E-state index contributed by atoms with van der Waals surface area (Å²) in [5.74, 6) is 3.00. The Balaban J connectivity index is 0.000000169. The van der Waals surface area contributed by atoms with Crippen LogP contribution in [-0.4, -0.2) is 102 Å². The van der Waals surface area contributed by atoms with Gasteiger partial charge in [0.05, 0.1) is 27.9 Å². The molecule has 0 amide bonds. The molecular weight excluding hydrogens is 1910 g/mol.